The number of aryl methyl sites for hydroxylation is 1. The molecular weight excluding hydrogens is 406 g/mol. The van der Waals surface area contributed by atoms with E-state index in [0.29, 0.717) is 17.1 Å². The number of carbonyl (C=O) groups excluding carboxylic acids is 2. The molecule has 0 fully saturated rings. The first-order valence-electron chi connectivity index (χ1n) is 9.62. The maximum atomic E-state index is 14.0. The molecule has 2 amide bonds. The minimum Gasteiger partial charge on any atom is -0.489 e. The molecule has 1 atom stereocenters. The summed E-state index contributed by atoms with van der Waals surface area (Å²) in [6, 6.07) is 11.0. The lowest BCUT2D eigenvalue weighted by Crippen LogP contribution is -2.49. The fourth-order valence-corrected chi connectivity index (χ4v) is 3.38. The van der Waals surface area contributed by atoms with E-state index in [0.717, 1.165) is 12.1 Å². The standard InChI is InChI=1S/C22H20F2N4O3/c1-13-9-17(26-28(13)11-14-7-8-15(23)10-16(14)24)21(29)25-18-12-31-20-6-4-3-5-19(20)27(2)22(18)30/h3-10,18H,11-12H2,1-2H3,(H,25,29). The number of rotatable bonds is 4. The normalized spacial score (nSPS) is 15.8. The summed E-state index contributed by atoms with van der Waals surface area (Å²) in [5, 5.41) is 6.88. The van der Waals surface area contributed by atoms with Crippen molar-refractivity contribution in [2.24, 2.45) is 0 Å². The number of nitrogens with zero attached hydrogens (tertiary/aromatic N) is 3. The number of halogens is 2. The number of para-hydroxylation sites is 2. The van der Waals surface area contributed by atoms with Crippen molar-refractivity contribution in [3.63, 3.8) is 0 Å². The number of amides is 2. The number of ether oxygens (including phenoxy) is 1. The highest BCUT2D eigenvalue weighted by Crippen LogP contribution is 2.29. The summed E-state index contributed by atoms with van der Waals surface area (Å²) in [7, 11) is 1.62. The van der Waals surface area contributed by atoms with Gasteiger partial charge in [0.15, 0.2) is 0 Å². The van der Waals surface area contributed by atoms with E-state index < -0.39 is 23.6 Å². The van der Waals surface area contributed by atoms with Crippen molar-refractivity contribution < 1.29 is 23.1 Å². The number of fused-ring (bicyclic) bond motifs is 1. The van der Waals surface area contributed by atoms with Gasteiger partial charge in [-0.3, -0.25) is 14.3 Å². The molecule has 0 spiro atoms. The van der Waals surface area contributed by atoms with Crippen LogP contribution in [-0.4, -0.2) is 41.3 Å². The first kappa shape index (κ1) is 20.5. The second kappa shape index (κ2) is 8.17. The van der Waals surface area contributed by atoms with Gasteiger partial charge in [-0.25, -0.2) is 8.78 Å². The molecule has 3 aromatic rings. The van der Waals surface area contributed by atoms with Crippen molar-refractivity contribution in [3.8, 4) is 5.75 Å². The number of anilines is 1. The van der Waals surface area contributed by atoms with Gasteiger partial charge in [0, 0.05) is 24.4 Å². The first-order valence-corrected chi connectivity index (χ1v) is 9.62. The highest BCUT2D eigenvalue weighted by Gasteiger charge is 2.31. The molecular formula is C22H20F2N4O3. The van der Waals surface area contributed by atoms with E-state index >= 15 is 0 Å². The molecule has 31 heavy (non-hydrogen) atoms. The van der Waals surface area contributed by atoms with E-state index in [1.54, 1.807) is 38.2 Å². The van der Waals surface area contributed by atoms with E-state index in [2.05, 4.69) is 10.4 Å². The van der Waals surface area contributed by atoms with Gasteiger partial charge >= 0.3 is 0 Å². The van der Waals surface area contributed by atoms with E-state index in [1.807, 2.05) is 0 Å². The Kier molecular flexibility index (Phi) is 5.41. The van der Waals surface area contributed by atoms with Crippen molar-refractivity contribution in [3.05, 3.63) is 77.1 Å². The molecule has 9 heteroatoms. The molecule has 160 valence electrons. The summed E-state index contributed by atoms with van der Waals surface area (Å²) < 4.78 is 34.2. The lowest BCUT2D eigenvalue weighted by Gasteiger charge is -2.20. The van der Waals surface area contributed by atoms with Crippen molar-refractivity contribution in [2.75, 3.05) is 18.6 Å². The van der Waals surface area contributed by atoms with Gasteiger partial charge in [0.1, 0.15) is 35.7 Å². The molecule has 0 aliphatic carbocycles. The Bertz CT molecular complexity index is 1160. The zero-order valence-corrected chi connectivity index (χ0v) is 16.9. The smallest absolute Gasteiger partial charge is 0.272 e. The predicted octanol–water partition coefficient (Wildman–Crippen LogP) is 2.67. The van der Waals surface area contributed by atoms with Crippen LogP contribution in [0.1, 0.15) is 21.7 Å². The van der Waals surface area contributed by atoms with Crippen molar-refractivity contribution >= 4 is 17.5 Å². The SMILES string of the molecule is Cc1cc(C(=O)NC2COc3ccccc3N(C)C2=O)nn1Cc1ccc(F)cc1F. The van der Waals surface area contributed by atoms with Gasteiger partial charge in [-0.1, -0.05) is 18.2 Å². The lowest BCUT2D eigenvalue weighted by molar-refractivity contribution is -0.120. The maximum absolute atomic E-state index is 14.0. The lowest BCUT2D eigenvalue weighted by atomic mass is 10.2. The Hall–Kier alpha value is -3.75. The number of carbonyl (C=O) groups is 2. The number of aromatic nitrogens is 2. The van der Waals surface area contributed by atoms with Crippen LogP contribution in [0, 0.1) is 18.6 Å². The third kappa shape index (κ3) is 4.11. The van der Waals surface area contributed by atoms with Crippen LogP contribution >= 0.6 is 0 Å². The molecule has 0 saturated heterocycles. The summed E-state index contributed by atoms with van der Waals surface area (Å²) in [4.78, 5) is 27.0. The summed E-state index contributed by atoms with van der Waals surface area (Å²) in [5.41, 5.74) is 1.55. The van der Waals surface area contributed by atoms with E-state index in [4.69, 9.17) is 4.74 Å². The zero-order chi connectivity index (χ0) is 22.1. The van der Waals surface area contributed by atoms with Gasteiger partial charge in [0.05, 0.1) is 12.2 Å². The van der Waals surface area contributed by atoms with Gasteiger partial charge < -0.3 is 15.0 Å². The molecule has 7 nitrogen and oxygen atoms in total. The third-order valence-corrected chi connectivity index (χ3v) is 5.12. The van der Waals surface area contributed by atoms with Crippen LogP contribution in [0.4, 0.5) is 14.5 Å². The average Bonchev–Trinajstić information content (AvgIpc) is 3.07. The summed E-state index contributed by atoms with van der Waals surface area (Å²) >= 11 is 0. The van der Waals surface area contributed by atoms with Crippen LogP contribution in [0.5, 0.6) is 5.75 Å². The molecule has 1 aliphatic heterocycles. The monoisotopic (exact) mass is 426 g/mol. The van der Waals surface area contributed by atoms with Gasteiger partial charge in [0.25, 0.3) is 11.8 Å². The van der Waals surface area contributed by atoms with E-state index in [9.17, 15) is 18.4 Å². The molecule has 0 bridgehead atoms. The number of hydrogen-bond donors (Lipinski definition) is 1. The second-order valence-electron chi connectivity index (χ2n) is 7.27. The third-order valence-electron chi connectivity index (χ3n) is 5.12. The van der Waals surface area contributed by atoms with Gasteiger partial charge in [-0.2, -0.15) is 5.10 Å². The second-order valence-corrected chi connectivity index (χ2v) is 7.27. The summed E-state index contributed by atoms with van der Waals surface area (Å²) in [6.07, 6.45) is 0. The largest absolute Gasteiger partial charge is 0.489 e. The highest BCUT2D eigenvalue weighted by atomic mass is 19.1. The number of benzene rings is 2. The van der Waals surface area contributed by atoms with E-state index in [-0.39, 0.29) is 30.3 Å². The molecule has 1 unspecified atom stereocenters. The Labute approximate surface area is 177 Å². The summed E-state index contributed by atoms with van der Waals surface area (Å²) in [5.74, 6) is -1.67. The summed E-state index contributed by atoms with van der Waals surface area (Å²) in [6.45, 7) is 1.73. The average molecular weight is 426 g/mol. The van der Waals surface area contributed by atoms with Crippen molar-refractivity contribution in [2.45, 2.75) is 19.5 Å². The van der Waals surface area contributed by atoms with Crippen molar-refractivity contribution in [1.29, 1.82) is 0 Å². The fraction of sp³-hybridized carbons (Fsp3) is 0.227. The Morgan fingerprint density at radius 3 is 2.77 bits per heavy atom. The number of hydrogen-bond acceptors (Lipinski definition) is 4. The minimum absolute atomic E-state index is 0.0214. The molecule has 0 radical (unpaired) electrons. The molecule has 2 aromatic carbocycles. The van der Waals surface area contributed by atoms with Crippen LogP contribution in [-0.2, 0) is 11.3 Å². The van der Waals surface area contributed by atoms with Crippen molar-refractivity contribution in [1.82, 2.24) is 15.1 Å². The maximum Gasteiger partial charge on any atom is 0.272 e. The number of likely N-dealkylation sites (N-methyl/N-ethyl adjacent to an activating group) is 1. The Morgan fingerprint density at radius 1 is 1.23 bits per heavy atom. The molecule has 1 aromatic heterocycles. The molecule has 2 heterocycles. The Morgan fingerprint density at radius 2 is 2.00 bits per heavy atom. The fourth-order valence-electron chi connectivity index (χ4n) is 3.38. The quantitative estimate of drug-likeness (QED) is 0.696. The topological polar surface area (TPSA) is 76.5 Å². The zero-order valence-electron chi connectivity index (χ0n) is 16.9. The molecule has 4 rings (SSSR count). The highest BCUT2D eigenvalue weighted by molar-refractivity contribution is 6.02. The van der Waals surface area contributed by atoms with Crippen LogP contribution in [0.3, 0.4) is 0 Å². The first-order chi connectivity index (χ1) is 14.8. The predicted molar refractivity (Wildman–Crippen MR) is 109 cm³/mol. The van der Waals surface area contributed by atoms with E-state index in [1.165, 1.54) is 21.7 Å². The Balaban J connectivity index is 1.49. The van der Waals surface area contributed by atoms with Gasteiger partial charge in [0.2, 0.25) is 0 Å². The van der Waals surface area contributed by atoms with Crippen LogP contribution in [0.2, 0.25) is 0 Å². The van der Waals surface area contributed by atoms with Crippen LogP contribution < -0.4 is 15.0 Å². The number of nitrogens with one attached hydrogen (secondary N) is 1. The van der Waals surface area contributed by atoms with Gasteiger partial charge in [-0.15, -0.1) is 0 Å². The van der Waals surface area contributed by atoms with Crippen LogP contribution in [0.15, 0.2) is 48.5 Å². The van der Waals surface area contributed by atoms with Crippen LogP contribution in [0.25, 0.3) is 0 Å². The molecule has 1 aliphatic rings. The molecule has 0 saturated carbocycles. The minimum atomic E-state index is -0.898. The van der Waals surface area contributed by atoms with Gasteiger partial charge in [-0.05, 0) is 31.2 Å². The molecule has 1 N–H and O–H groups in total.